The molecule has 0 aliphatic heterocycles. The second-order valence-electron chi connectivity index (χ2n) is 6.43. The molecule has 1 heterocycles. The van der Waals surface area contributed by atoms with E-state index in [1.807, 2.05) is 4.90 Å². The van der Waals surface area contributed by atoms with Gasteiger partial charge in [0.2, 0.25) is 0 Å². The first-order valence-electron chi connectivity index (χ1n) is 8.15. The number of pyridine rings is 1. The third-order valence-corrected chi connectivity index (χ3v) is 4.66. The van der Waals surface area contributed by atoms with Gasteiger partial charge in [0.1, 0.15) is 5.69 Å². The molecule has 2 fully saturated rings. The summed E-state index contributed by atoms with van der Waals surface area (Å²) in [6, 6.07) is 3.35. The van der Waals surface area contributed by atoms with Gasteiger partial charge in [-0.05, 0) is 43.7 Å². The molecule has 22 heavy (non-hydrogen) atoms. The number of carboxylic acid groups (broad SMARTS) is 1. The molecule has 1 aromatic rings. The predicted molar refractivity (Wildman–Crippen MR) is 81.8 cm³/mol. The lowest BCUT2D eigenvalue weighted by Gasteiger charge is -2.30. The van der Waals surface area contributed by atoms with E-state index in [1.54, 1.807) is 6.07 Å². The fourth-order valence-corrected chi connectivity index (χ4v) is 3.24. The van der Waals surface area contributed by atoms with E-state index in [9.17, 15) is 9.59 Å². The zero-order valence-electron chi connectivity index (χ0n) is 12.7. The molecular formula is C17H22N2O3. The Balaban J connectivity index is 1.70. The van der Waals surface area contributed by atoms with E-state index >= 15 is 0 Å². The third-order valence-electron chi connectivity index (χ3n) is 4.66. The first-order chi connectivity index (χ1) is 10.6. The van der Waals surface area contributed by atoms with E-state index in [4.69, 9.17) is 5.11 Å². The second kappa shape index (κ2) is 6.46. The molecule has 0 spiro atoms. The predicted octanol–water partition coefficient (Wildman–Crippen LogP) is 2.96. The Morgan fingerprint density at radius 2 is 1.86 bits per heavy atom. The Bertz CT molecular complexity index is 546. The summed E-state index contributed by atoms with van der Waals surface area (Å²) in [5.74, 6) is -0.456. The molecule has 0 atom stereocenters. The highest BCUT2D eigenvalue weighted by Crippen LogP contribution is 2.32. The first-order valence-corrected chi connectivity index (χ1v) is 8.15. The number of amides is 1. The molecule has 0 aromatic carbocycles. The summed E-state index contributed by atoms with van der Waals surface area (Å²) in [5, 5.41) is 8.88. The van der Waals surface area contributed by atoms with Crippen molar-refractivity contribution in [2.45, 2.75) is 51.0 Å². The highest BCUT2D eigenvalue weighted by Gasteiger charge is 2.34. The maximum Gasteiger partial charge on any atom is 0.354 e. The van der Waals surface area contributed by atoms with Crippen LogP contribution in [0.5, 0.6) is 0 Å². The van der Waals surface area contributed by atoms with Gasteiger partial charge in [-0.2, -0.15) is 0 Å². The molecule has 2 aliphatic rings. The Labute approximate surface area is 130 Å². The molecule has 5 nitrogen and oxygen atoms in total. The normalized spacial score (nSPS) is 18.9. The van der Waals surface area contributed by atoms with Gasteiger partial charge < -0.3 is 10.0 Å². The summed E-state index contributed by atoms with van der Waals surface area (Å²) >= 11 is 0. The summed E-state index contributed by atoms with van der Waals surface area (Å²) in [6.45, 7) is 0.837. The van der Waals surface area contributed by atoms with Gasteiger partial charge in [0.25, 0.3) is 5.91 Å². The smallest absolute Gasteiger partial charge is 0.354 e. The Morgan fingerprint density at radius 3 is 2.41 bits per heavy atom. The number of aromatic nitrogens is 1. The molecular weight excluding hydrogens is 280 g/mol. The monoisotopic (exact) mass is 302 g/mol. The van der Waals surface area contributed by atoms with Gasteiger partial charge in [0.15, 0.2) is 0 Å². The van der Waals surface area contributed by atoms with Crippen LogP contribution in [0, 0.1) is 5.92 Å². The highest BCUT2D eigenvalue weighted by molar-refractivity contribution is 5.95. The first kappa shape index (κ1) is 15.0. The van der Waals surface area contributed by atoms with Crippen LogP contribution in [0.1, 0.15) is 65.8 Å². The highest BCUT2D eigenvalue weighted by atomic mass is 16.4. The van der Waals surface area contributed by atoms with Crippen molar-refractivity contribution in [3.63, 3.8) is 0 Å². The lowest BCUT2D eigenvalue weighted by molar-refractivity contribution is 0.0678. The minimum atomic E-state index is -1.07. The van der Waals surface area contributed by atoms with Crippen molar-refractivity contribution >= 4 is 11.9 Å². The molecule has 0 unspecified atom stereocenters. The quantitative estimate of drug-likeness (QED) is 0.907. The number of carbonyl (C=O) groups excluding carboxylic acids is 1. The number of aromatic carboxylic acids is 1. The van der Waals surface area contributed by atoms with Gasteiger partial charge >= 0.3 is 5.97 Å². The van der Waals surface area contributed by atoms with Crippen molar-refractivity contribution in [2.75, 3.05) is 6.54 Å². The molecule has 0 saturated heterocycles. The van der Waals surface area contributed by atoms with E-state index in [2.05, 4.69) is 4.98 Å². The van der Waals surface area contributed by atoms with E-state index in [-0.39, 0.29) is 11.6 Å². The Morgan fingerprint density at radius 1 is 1.14 bits per heavy atom. The van der Waals surface area contributed by atoms with Crippen LogP contribution in [0.25, 0.3) is 0 Å². The van der Waals surface area contributed by atoms with Crippen molar-refractivity contribution in [1.29, 1.82) is 0 Å². The lowest BCUT2D eigenvalue weighted by Crippen LogP contribution is -2.37. The zero-order valence-corrected chi connectivity index (χ0v) is 12.7. The zero-order chi connectivity index (χ0) is 15.5. The maximum absolute atomic E-state index is 12.7. The number of hydrogen-bond acceptors (Lipinski definition) is 3. The van der Waals surface area contributed by atoms with Gasteiger partial charge in [-0.3, -0.25) is 4.79 Å². The number of hydrogen-bond donors (Lipinski definition) is 1. The maximum atomic E-state index is 12.7. The van der Waals surface area contributed by atoms with Crippen molar-refractivity contribution in [1.82, 2.24) is 9.88 Å². The van der Waals surface area contributed by atoms with Gasteiger partial charge in [-0.25, -0.2) is 9.78 Å². The summed E-state index contributed by atoms with van der Waals surface area (Å²) in [5.41, 5.74) is 0.467. The van der Waals surface area contributed by atoms with E-state index in [1.165, 1.54) is 44.4 Å². The van der Waals surface area contributed by atoms with Crippen LogP contribution in [0.3, 0.4) is 0 Å². The van der Waals surface area contributed by atoms with Gasteiger partial charge in [0, 0.05) is 18.8 Å². The number of carboxylic acids is 1. The molecule has 1 N–H and O–H groups in total. The Hall–Kier alpha value is -1.91. The van der Waals surface area contributed by atoms with Crippen molar-refractivity contribution in [3.8, 4) is 0 Å². The van der Waals surface area contributed by atoms with Gasteiger partial charge in [-0.1, -0.05) is 19.3 Å². The fourth-order valence-electron chi connectivity index (χ4n) is 3.24. The molecule has 118 valence electrons. The van der Waals surface area contributed by atoms with Gasteiger partial charge in [0.05, 0.1) is 5.56 Å². The van der Waals surface area contributed by atoms with Crippen molar-refractivity contribution in [3.05, 3.63) is 29.6 Å². The molecule has 0 bridgehead atoms. The lowest BCUT2D eigenvalue weighted by atomic mass is 9.89. The summed E-state index contributed by atoms with van der Waals surface area (Å²) in [7, 11) is 0. The van der Waals surface area contributed by atoms with Gasteiger partial charge in [-0.15, -0.1) is 0 Å². The van der Waals surface area contributed by atoms with Crippen LogP contribution in [0.2, 0.25) is 0 Å². The van der Waals surface area contributed by atoms with Crippen LogP contribution >= 0.6 is 0 Å². The molecule has 0 radical (unpaired) electrons. The van der Waals surface area contributed by atoms with Crippen LogP contribution in [0.4, 0.5) is 0 Å². The van der Waals surface area contributed by atoms with Crippen molar-refractivity contribution in [2.24, 2.45) is 5.92 Å². The molecule has 3 rings (SSSR count). The SMILES string of the molecule is O=C(O)c1ccc(C(=O)N(CC2CCCCC2)C2CC2)cn1. The number of carbonyl (C=O) groups is 2. The van der Waals surface area contributed by atoms with E-state index < -0.39 is 5.97 Å². The second-order valence-corrected chi connectivity index (χ2v) is 6.43. The molecule has 2 saturated carbocycles. The fraction of sp³-hybridized carbons (Fsp3) is 0.588. The number of rotatable bonds is 5. The average molecular weight is 302 g/mol. The van der Waals surface area contributed by atoms with Crippen molar-refractivity contribution < 1.29 is 14.7 Å². The van der Waals surface area contributed by atoms with E-state index in [0.29, 0.717) is 17.5 Å². The topological polar surface area (TPSA) is 70.5 Å². The summed E-state index contributed by atoms with van der Waals surface area (Å²) in [6.07, 6.45) is 9.84. The molecule has 5 heteroatoms. The Kier molecular flexibility index (Phi) is 4.41. The molecule has 2 aliphatic carbocycles. The van der Waals surface area contributed by atoms with Crippen LogP contribution in [-0.4, -0.2) is 39.5 Å². The summed E-state index contributed by atoms with van der Waals surface area (Å²) in [4.78, 5) is 29.4. The largest absolute Gasteiger partial charge is 0.477 e. The van der Waals surface area contributed by atoms with Crippen LogP contribution in [0.15, 0.2) is 18.3 Å². The third kappa shape index (κ3) is 3.46. The minimum Gasteiger partial charge on any atom is -0.477 e. The molecule has 1 aromatic heterocycles. The minimum absolute atomic E-state index is 0.00230. The number of nitrogens with zero attached hydrogens (tertiary/aromatic N) is 2. The van der Waals surface area contributed by atoms with Crippen LogP contribution in [-0.2, 0) is 0 Å². The van der Waals surface area contributed by atoms with E-state index in [0.717, 1.165) is 19.4 Å². The van der Waals surface area contributed by atoms with Crippen LogP contribution < -0.4 is 0 Å². The summed E-state index contributed by atoms with van der Waals surface area (Å²) < 4.78 is 0. The molecule has 1 amide bonds. The standard InChI is InChI=1S/C17H22N2O3/c20-16(13-6-9-15(17(21)22)18-10-13)19(14-7-8-14)11-12-4-2-1-3-5-12/h6,9-10,12,14H,1-5,7-8,11H2,(H,21,22). The average Bonchev–Trinajstić information content (AvgIpc) is 3.38.